The van der Waals surface area contributed by atoms with Gasteiger partial charge in [0.15, 0.2) is 0 Å². The van der Waals surface area contributed by atoms with Crippen LogP contribution >= 0.6 is 39.1 Å². The predicted molar refractivity (Wildman–Crippen MR) is 76.4 cm³/mol. The van der Waals surface area contributed by atoms with Crippen LogP contribution in [0.2, 0.25) is 10.0 Å². The molecule has 2 rings (SSSR count). The van der Waals surface area contributed by atoms with Crippen molar-refractivity contribution in [1.82, 2.24) is 4.98 Å². The van der Waals surface area contributed by atoms with Crippen molar-refractivity contribution in [2.45, 2.75) is 6.54 Å². The largest absolute Gasteiger partial charge is 0.436 e. The first kappa shape index (κ1) is 13.6. The van der Waals surface area contributed by atoms with Crippen LogP contribution < -0.4 is 10.5 Å². The van der Waals surface area contributed by atoms with E-state index in [2.05, 4.69) is 20.9 Å². The van der Waals surface area contributed by atoms with E-state index < -0.39 is 0 Å². The highest BCUT2D eigenvalue weighted by atomic mass is 79.9. The van der Waals surface area contributed by atoms with Gasteiger partial charge in [-0.2, -0.15) is 0 Å². The minimum Gasteiger partial charge on any atom is -0.436 e. The fourth-order valence-electron chi connectivity index (χ4n) is 1.34. The lowest BCUT2D eigenvalue weighted by atomic mass is 10.2. The van der Waals surface area contributed by atoms with Crippen LogP contribution in [0.4, 0.5) is 0 Å². The summed E-state index contributed by atoms with van der Waals surface area (Å²) >= 11 is 15.2. The summed E-state index contributed by atoms with van der Waals surface area (Å²) in [5.41, 5.74) is 6.47. The molecular weight excluding hydrogens is 339 g/mol. The zero-order chi connectivity index (χ0) is 13.1. The zero-order valence-electron chi connectivity index (χ0n) is 9.16. The Balaban J connectivity index is 2.28. The summed E-state index contributed by atoms with van der Waals surface area (Å²) in [7, 11) is 0. The Labute approximate surface area is 123 Å². The lowest BCUT2D eigenvalue weighted by Gasteiger charge is -2.09. The quantitative estimate of drug-likeness (QED) is 0.894. The van der Waals surface area contributed by atoms with E-state index in [9.17, 15) is 0 Å². The van der Waals surface area contributed by atoms with Crippen LogP contribution in [0.15, 0.2) is 34.9 Å². The molecule has 94 valence electrons. The lowest BCUT2D eigenvalue weighted by Crippen LogP contribution is -1.96. The van der Waals surface area contributed by atoms with E-state index in [0.717, 1.165) is 5.56 Å². The summed E-state index contributed by atoms with van der Waals surface area (Å²) in [5.74, 6) is 0.922. The molecule has 0 aliphatic heterocycles. The van der Waals surface area contributed by atoms with Gasteiger partial charge in [-0.05, 0) is 39.7 Å². The zero-order valence-corrected chi connectivity index (χ0v) is 12.3. The standard InChI is InChI=1S/C12H9BrCl2N2O/c13-9-4-8(14)6-17-12(9)18-11-2-1-7(5-16)3-10(11)15/h1-4,6H,5,16H2. The van der Waals surface area contributed by atoms with Crippen molar-refractivity contribution in [3.63, 3.8) is 0 Å². The maximum absolute atomic E-state index is 6.09. The van der Waals surface area contributed by atoms with Crippen LogP contribution in [0.1, 0.15) is 5.56 Å². The van der Waals surface area contributed by atoms with Crippen molar-refractivity contribution in [2.24, 2.45) is 5.73 Å². The number of nitrogens with two attached hydrogens (primary N) is 1. The third-order valence-corrected chi connectivity index (χ3v) is 3.28. The second-order valence-electron chi connectivity index (χ2n) is 3.51. The molecule has 0 aliphatic rings. The van der Waals surface area contributed by atoms with Gasteiger partial charge < -0.3 is 10.5 Å². The average molecular weight is 348 g/mol. The fraction of sp³-hybridized carbons (Fsp3) is 0.0833. The van der Waals surface area contributed by atoms with Crippen molar-refractivity contribution in [3.8, 4) is 11.6 Å². The summed E-state index contributed by atoms with van der Waals surface area (Å²) in [5, 5.41) is 1.01. The maximum atomic E-state index is 6.09. The number of halogens is 3. The number of nitrogens with zero attached hydrogens (tertiary/aromatic N) is 1. The Morgan fingerprint density at radius 2 is 2.06 bits per heavy atom. The van der Waals surface area contributed by atoms with E-state index in [4.69, 9.17) is 33.7 Å². The molecule has 0 saturated carbocycles. The van der Waals surface area contributed by atoms with Crippen LogP contribution in [-0.4, -0.2) is 4.98 Å². The van der Waals surface area contributed by atoms with Crippen molar-refractivity contribution < 1.29 is 4.74 Å². The molecule has 0 fully saturated rings. The fourth-order valence-corrected chi connectivity index (χ4v) is 2.30. The van der Waals surface area contributed by atoms with Gasteiger partial charge in [-0.25, -0.2) is 4.98 Å². The number of aromatic nitrogens is 1. The Morgan fingerprint density at radius 3 is 2.67 bits per heavy atom. The molecule has 2 N–H and O–H groups in total. The van der Waals surface area contributed by atoms with Crippen LogP contribution in [0.25, 0.3) is 0 Å². The van der Waals surface area contributed by atoms with Gasteiger partial charge in [-0.1, -0.05) is 29.3 Å². The van der Waals surface area contributed by atoms with Crippen LogP contribution in [0, 0.1) is 0 Å². The number of hydrogen-bond donors (Lipinski definition) is 1. The first-order valence-electron chi connectivity index (χ1n) is 5.07. The van der Waals surface area contributed by atoms with E-state index in [1.165, 1.54) is 6.20 Å². The van der Waals surface area contributed by atoms with E-state index in [1.807, 2.05) is 6.07 Å². The van der Waals surface area contributed by atoms with Gasteiger partial charge >= 0.3 is 0 Å². The van der Waals surface area contributed by atoms with Crippen molar-refractivity contribution >= 4 is 39.1 Å². The summed E-state index contributed by atoms with van der Waals surface area (Å²) in [6.07, 6.45) is 1.50. The normalized spacial score (nSPS) is 10.4. The van der Waals surface area contributed by atoms with Crippen molar-refractivity contribution in [1.29, 1.82) is 0 Å². The molecule has 1 aromatic heterocycles. The van der Waals surface area contributed by atoms with Crippen LogP contribution in [0.3, 0.4) is 0 Å². The number of hydrogen-bond acceptors (Lipinski definition) is 3. The first-order chi connectivity index (χ1) is 8.60. The number of benzene rings is 1. The Hall–Kier alpha value is -0.810. The Bertz CT molecular complexity index is 578. The maximum Gasteiger partial charge on any atom is 0.233 e. The molecule has 0 aliphatic carbocycles. The number of pyridine rings is 1. The molecule has 0 amide bonds. The molecular formula is C12H9BrCl2N2O. The molecule has 0 saturated heterocycles. The molecule has 0 radical (unpaired) electrons. The Kier molecular flexibility index (Phi) is 4.45. The van der Waals surface area contributed by atoms with E-state index >= 15 is 0 Å². The third-order valence-electron chi connectivity index (χ3n) is 2.21. The summed E-state index contributed by atoms with van der Waals surface area (Å²) in [6, 6.07) is 7.07. The van der Waals surface area contributed by atoms with Gasteiger partial charge in [-0.3, -0.25) is 0 Å². The minimum atomic E-state index is 0.404. The van der Waals surface area contributed by atoms with Crippen LogP contribution in [0.5, 0.6) is 11.6 Å². The van der Waals surface area contributed by atoms with Crippen molar-refractivity contribution in [2.75, 3.05) is 0 Å². The lowest BCUT2D eigenvalue weighted by molar-refractivity contribution is 0.460. The second kappa shape index (κ2) is 5.89. The highest BCUT2D eigenvalue weighted by molar-refractivity contribution is 9.10. The second-order valence-corrected chi connectivity index (χ2v) is 5.21. The van der Waals surface area contributed by atoms with E-state index in [-0.39, 0.29) is 0 Å². The highest BCUT2D eigenvalue weighted by Gasteiger charge is 2.08. The summed E-state index contributed by atoms with van der Waals surface area (Å²) < 4.78 is 6.27. The first-order valence-corrected chi connectivity index (χ1v) is 6.62. The minimum absolute atomic E-state index is 0.404. The summed E-state index contributed by atoms with van der Waals surface area (Å²) in [6.45, 7) is 0.433. The van der Waals surface area contributed by atoms with Gasteiger partial charge in [-0.15, -0.1) is 0 Å². The van der Waals surface area contributed by atoms with Gasteiger partial charge in [0.1, 0.15) is 5.75 Å². The van der Waals surface area contributed by atoms with Gasteiger partial charge in [0.2, 0.25) is 5.88 Å². The molecule has 3 nitrogen and oxygen atoms in total. The molecule has 18 heavy (non-hydrogen) atoms. The predicted octanol–water partition coefficient (Wildman–Crippen LogP) is 4.40. The topological polar surface area (TPSA) is 48.1 Å². The van der Waals surface area contributed by atoms with Gasteiger partial charge in [0.25, 0.3) is 0 Å². The Morgan fingerprint density at radius 1 is 1.28 bits per heavy atom. The highest BCUT2D eigenvalue weighted by Crippen LogP contribution is 2.33. The molecule has 0 spiro atoms. The average Bonchev–Trinajstić information content (AvgIpc) is 2.34. The monoisotopic (exact) mass is 346 g/mol. The smallest absolute Gasteiger partial charge is 0.233 e. The van der Waals surface area contributed by atoms with E-state index in [1.54, 1.807) is 18.2 Å². The van der Waals surface area contributed by atoms with Crippen LogP contribution in [-0.2, 0) is 6.54 Å². The SMILES string of the molecule is NCc1ccc(Oc2ncc(Cl)cc2Br)c(Cl)c1. The molecule has 0 atom stereocenters. The van der Waals surface area contributed by atoms with Crippen molar-refractivity contribution in [3.05, 3.63) is 50.5 Å². The van der Waals surface area contributed by atoms with Gasteiger partial charge in [0, 0.05) is 12.7 Å². The van der Waals surface area contributed by atoms with Gasteiger partial charge in [0.05, 0.1) is 14.5 Å². The molecule has 0 unspecified atom stereocenters. The molecule has 0 bridgehead atoms. The summed E-state index contributed by atoms with van der Waals surface area (Å²) in [4.78, 5) is 4.07. The molecule has 6 heteroatoms. The number of rotatable bonds is 3. The van der Waals surface area contributed by atoms with E-state index in [0.29, 0.717) is 32.7 Å². The molecule has 1 heterocycles. The number of ether oxygens (including phenoxy) is 1. The molecule has 1 aromatic carbocycles. The molecule has 2 aromatic rings. The third kappa shape index (κ3) is 3.14.